The largest absolute Gasteiger partial charge is 0.348 e. The van der Waals surface area contributed by atoms with E-state index in [0.29, 0.717) is 6.54 Å². The van der Waals surface area contributed by atoms with Crippen LogP contribution in [0.25, 0.3) is 0 Å². The Labute approximate surface area is 154 Å². The molecule has 0 radical (unpaired) electrons. The maximum atomic E-state index is 12.6. The van der Waals surface area contributed by atoms with Crippen molar-refractivity contribution in [2.45, 2.75) is 19.0 Å². The van der Waals surface area contributed by atoms with Crippen molar-refractivity contribution < 1.29 is 4.79 Å². The van der Waals surface area contributed by atoms with E-state index in [9.17, 15) is 4.79 Å². The molecule has 0 bridgehead atoms. The molecule has 4 nitrogen and oxygen atoms in total. The molecule has 2 unspecified atom stereocenters. The van der Waals surface area contributed by atoms with Crippen LogP contribution in [0.1, 0.15) is 30.1 Å². The maximum absolute atomic E-state index is 12.6. The van der Waals surface area contributed by atoms with Gasteiger partial charge in [0.25, 0.3) is 0 Å². The molecule has 3 rings (SSSR count). The van der Waals surface area contributed by atoms with Crippen LogP contribution in [0.4, 0.5) is 0 Å². The Bertz CT molecular complexity index is 707. The third kappa shape index (κ3) is 4.60. The van der Waals surface area contributed by atoms with Gasteiger partial charge in [-0.2, -0.15) is 0 Å². The van der Waals surface area contributed by atoms with E-state index in [2.05, 4.69) is 15.5 Å². The van der Waals surface area contributed by atoms with Gasteiger partial charge in [-0.3, -0.25) is 9.69 Å². The SMILES string of the molecule is CC(NC(=O)CN1CCNCC1c1ccccc1Cl)c1ccccc1. The van der Waals surface area contributed by atoms with E-state index in [-0.39, 0.29) is 18.0 Å². The highest BCUT2D eigenvalue weighted by Crippen LogP contribution is 2.28. The monoisotopic (exact) mass is 357 g/mol. The second-order valence-electron chi connectivity index (χ2n) is 6.41. The van der Waals surface area contributed by atoms with Crippen molar-refractivity contribution in [1.29, 1.82) is 0 Å². The van der Waals surface area contributed by atoms with Crippen LogP contribution in [-0.2, 0) is 4.79 Å². The quantitative estimate of drug-likeness (QED) is 0.864. The smallest absolute Gasteiger partial charge is 0.234 e. The fourth-order valence-electron chi connectivity index (χ4n) is 3.28. The highest BCUT2D eigenvalue weighted by molar-refractivity contribution is 6.31. The molecular formula is C20H24ClN3O. The summed E-state index contributed by atoms with van der Waals surface area (Å²) >= 11 is 6.37. The van der Waals surface area contributed by atoms with Gasteiger partial charge in [0.05, 0.1) is 12.6 Å². The molecule has 5 heteroatoms. The fraction of sp³-hybridized carbons (Fsp3) is 0.350. The van der Waals surface area contributed by atoms with Crippen molar-refractivity contribution >= 4 is 17.5 Å². The molecule has 2 N–H and O–H groups in total. The Morgan fingerprint density at radius 1 is 1.24 bits per heavy atom. The van der Waals surface area contributed by atoms with E-state index >= 15 is 0 Å². The number of amides is 1. The van der Waals surface area contributed by atoms with E-state index in [1.807, 2.05) is 61.5 Å². The summed E-state index contributed by atoms with van der Waals surface area (Å²) in [7, 11) is 0. The summed E-state index contributed by atoms with van der Waals surface area (Å²) in [6, 6.07) is 18.0. The standard InChI is InChI=1S/C20H24ClN3O/c1-15(16-7-3-2-4-8-16)23-20(25)14-24-12-11-22-13-19(24)17-9-5-6-10-18(17)21/h2-10,15,19,22H,11-14H2,1H3,(H,23,25). The van der Waals surface area contributed by atoms with Crippen LogP contribution in [0.3, 0.4) is 0 Å². The number of carbonyl (C=O) groups excluding carboxylic acids is 1. The summed E-state index contributed by atoms with van der Waals surface area (Å²) in [5.41, 5.74) is 2.18. The average molecular weight is 358 g/mol. The summed E-state index contributed by atoms with van der Waals surface area (Å²) in [4.78, 5) is 14.7. The van der Waals surface area contributed by atoms with E-state index in [1.54, 1.807) is 0 Å². The van der Waals surface area contributed by atoms with Gasteiger partial charge < -0.3 is 10.6 Å². The minimum absolute atomic E-state index is 0.00428. The van der Waals surface area contributed by atoms with Gasteiger partial charge in [-0.05, 0) is 24.1 Å². The van der Waals surface area contributed by atoms with Gasteiger partial charge >= 0.3 is 0 Å². The molecule has 1 aliphatic heterocycles. The second-order valence-corrected chi connectivity index (χ2v) is 6.82. The molecule has 2 atom stereocenters. The average Bonchev–Trinajstić information content (AvgIpc) is 2.63. The third-order valence-corrected chi connectivity index (χ3v) is 4.99. The molecule has 1 aliphatic rings. The predicted molar refractivity (Wildman–Crippen MR) is 102 cm³/mol. The fourth-order valence-corrected chi connectivity index (χ4v) is 3.55. The number of carbonyl (C=O) groups is 1. The lowest BCUT2D eigenvalue weighted by atomic mass is 10.0. The molecule has 0 spiro atoms. The lowest BCUT2D eigenvalue weighted by Crippen LogP contribution is -2.49. The normalized spacial score (nSPS) is 19.4. The molecule has 1 heterocycles. The Hall–Kier alpha value is -1.88. The Morgan fingerprint density at radius 3 is 2.72 bits per heavy atom. The van der Waals surface area contributed by atoms with Crippen LogP contribution in [0.2, 0.25) is 5.02 Å². The molecule has 132 valence electrons. The van der Waals surface area contributed by atoms with Crippen LogP contribution < -0.4 is 10.6 Å². The van der Waals surface area contributed by atoms with Gasteiger partial charge in [0.2, 0.25) is 5.91 Å². The first-order valence-corrected chi connectivity index (χ1v) is 9.06. The Morgan fingerprint density at radius 2 is 1.96 bits per heavy atom. The minimum atomic E-state index is -0.00428. The molecule has 1 saturated heterocycles. The number of hydrogen-bond donors (Lipinski definition) is 2. The second kappa shape index (κ2) is 8.48. The number of hydrogen-bond acceptors (Lipinski definition) is 3. The van der Waals surface area contributed by atoms with Crippen molar-refractivity contribution in [2.75, 3.05) is 26.2 Å². The van der Waals surface area contributed by atoms with Gasteiger partial charge in [0.15, 0.2) is 0 Å². The summed E-state index contributed by atoms with van der Waals surface area (Å²) < 4.78 is 0. The summed E-state index contributed by atoms with van der Waals surface area (Å²) in [6.45, 7) is 4.88. The lowest BCUT2D eigenvalue weighted by molar-refractivity contribution is -0.123. The first-order valence-electron chi connectivity index (χ1n) is 8.68. The molecule has 1 fully saturated rings. The Balaban J connectivity index is 1.65. The molecular weight excluding hydrogens is 334 g/mol. The number of halogens is 1. The molecule has 0 saturated carbocycles. The van der Waals surface area contributed by atoms with Crippen LogP contribution in [0, 0.1) is 0 Å². The zero-order valence-corrected chi connectivity index (χ0v) is 15.2. The number of rotatable bonds is 5. The first kappa shape index (κ1) is 17.9. The number of piperazine rings is 1. The number of nitrogens with one attached hydrogen (secondary N) is 2. The van der Waals surface area contributed by atoms with Crippen molar-refractivity contribution in [3.05, 3.63) is 70.7 Å². The van der Waals surface area contributed by atoms with Crippen LogP contribution in [0.5, 0.6) is 0 Å². The van der Waals surface area contributed by atoms with E-state index in [4.69, 9.17) is 11.6 Å². The Kier molecular flexibility index (Phi) is 6.08. The van der Waals surface area contributed by atoms with Crippen LogP contribution >= 0.6 is 11.6 Å². The lowest BCUT2D eigenvalue weighted by Gasteiger charge is -2.36. The molecule has 0 aromatic heterocycles. The topological polar surface area (TPSA) is 44.4 Å². The third-order valence-electron chi connectivity index (χ3n) is 4.64. The van der Waals surface area contributed by atoms with Crippen molar-refractivity contribution in [3.63, 3.8) is 0 Å². The van der Waals surface area contributed by atoms with E-state index < -0.39 is 0 Å². The van der Waals surface area contributed by atoms with Crippen molar-refractivity contribution in [1.82, 2.24) is 15.5 Å². The van der Waals surface area contributed by atoms with Gasteiger partial charge in [0, 0.05) is 30.7 Å². The minimum Gasteiger partial charge on any atom is -0.348 e. The van der Waals surface area contributed by atoms with Crippen LogP contribution in [-0.4, -0.2) is 37.0 Å². The van der Waals surface area contributed by atoms with Crippen molar-refractivity contribution in [3.8, 4) is 0 Å². The molecule has 2 aromatic rings. The zero-order valence-electron chi connectivity index (χ0n) is 14.4. The highest BCUT2D eigenvalue weighted by Gasteiger charge is 2.27. The summed E-state index contributed by atoms with van der Waals surface area (Å²) in [6.07, 6.45) is 0. The maximum Gasteiger partial charge on any atom is 0.234 e. The van der Waals surface area contributed by atoms with Gasteiger partial charge in [0.1, 0.15) is 0 Å². The predicted octanol–water partition coefficient (Wildman–Crippen LogP) is 3.16. The van der Waals surface area contributed by atoms with E-state index in [0.717, 1.165) is 35.8 Å². The molecule has 25 heavy (non-hydrogen) atoms. The van der Waals surface area contributed by atoms with Crippen molar-refractivity contribution in [2.24, 2.45) is 0 Å². The number of nitrogens with zero attached hydrogens (tertiary/aromatic N) is 1. The molecule has 1 amide bonds. The van der Waals surface area contributed by atoms with Gasteiger partial charge in [-0.25, -0.2) is 0 Å². The van der Waals surface area contributed by atoms with E-state index in [1.165, 1.54) is 0 Å². The summed E-state index contributed by atoms with van der Waals surface area (Å²) in [5.74, 6) is 0.0373. The molecule has 0 aliphatic carbocycles. The summed E-state index contributed by atoms with van der Waals surface area (Å²) in [5, 5.41) is 7.24. The molecule has 2 aromatic carbocycles. The van der Waals surface area contributed by atoms with Gasteiger partial charge in [-0.1, -0.05) is 60.1 Å². The van der Waals surface area contributed by atoms with Crippen LogP contribution in [0.15, 0.2) is 54.6 Å². The first-order chi connectivity index (χ1) is 12.1. The number of benzene rings is 2. The zero-order chi connectivity index (χ0) is 17.6. The van der Waals surface area contributed by atoms with Gasteiger partial charge in [-0.15, -0.1) is 0 Å². The highest BCUT2D eigenvalue weighted by atomic mass is 35.5.